The Hall–Kier alpha value is -1.06. The third-order valence-corrected chi connectivity index (χ3v) is 2.01. The van der Waals surface area contributed by atoms with E-state index in [9.17, 15) is 35.5 Å². The molecule has 0 bridgehead atoms. The van der Waals surface area contributed by atoms with Gasteiger partial charge in [0.2, 0.25) is 0 Å². The molecule has 0 aliphatic heterocycles. The van der Waals surface area contributed by atoms with Gasteiger partial charge in [0.25, 0.3) is 0 Å². The van der Waals surface area contributed by atoms with E-state index >= 15 is 0 Å². The molecule has 0 saturated heterocycles. The number of methoxy groups -OCH3 is 1. The molecular weight excluding hydrogens is 277 g/mol. The van der Waals surface area contributed by atoms with E-state index in [2.05, 4.69) is 4.74 Å². The second kappa shape index (κ2) is 4.56. The molecule has 0 saturated carbocycles. The Kier molecular flexibility index (Phi) is 4.29. The Labute approximate surface area is 96.5 Å². The van der Waals surface area contributed by atoms with Crippen molar-refractivity contribution < 1.29 is 45.4 Å². The lowest BCUT2D eigenvalue weighted by Gasteiger charge is -2.32. The van der Waals surface area contributed by atoms with Crippen LogP contribution in [0.25, 0.3) is 0 Å². The fourth-order valence-electron chi connectivity index (χ4n) is 1.04. The number of halogens is 7. The van der Waals surface area contributed by atoms with Crippen LogP contribution >= 0.6 is 0 Å². The molecule has 108 valence electrons. The molecule has 0 aromatic heterocycles. The maximum Gasteiger partial charge on any atom is 0.459 e. The van der Waals surface area contributed by atoms with Crippen LogP contribution in [-0.4, -0.2) is 41.8 Å². The van der Waals surface area contributed by atoms with Crippen molar-refractivity contribution in [3.8, 4) is 0 Å². The summed E-state index contributed by atoms with van der Waals surface area (Å²) in [5.41, 5.74) is -3.17. The smallest absolute Gasteiger partial charge is 0.459 e. The van der Waals surface area contributed by atoms with E-state index in [0.29, 0.717) is 14.0 Å². The molecule has 0 aliphatic carbocycles. The zero-order valence-electron chi connectivity index (χ0n) is 9.12. The lowest BCUT2D eigenvalue weighted by Crippen LogP contribution is -2.56. The van der Waals surface area contributed by atoms with Crippen molar-refractivity contribution in [3.63, 3.8) is 0 Å². The van der Waals surface area contributed by atoms with Crippen molar-refractivity contribution in [2.75, 3.05) is 7.11 Å². The average molecular weight is 286 g/mol. The number of alkyl halides is 7. The molecule has 0 aromatic carbocycles. The molecule has 0 radical (unpaired) electrons. The molecular formula is C8H9F7O3. The summed E-state index contributed by atoms with van der Waals surface area (Å²) in [5.74, 6) is -13.8. The van der Waals surface area contributed by atoms with Gasteiger partial charge in [-0.25, -0.2) is 4.79 Å². The molecule has 1 N–H and O–H groups in total. The number of rotatable bonds is 4. The third-order valence-electron chi connectivity index (χ3n) is 2.01. The van der Waals surface area contributed by atoms with Gasteiger partial charge in [-0.3, -0.25) is 0 Å². The van der Waals surface area contributed by atoms with E-state index in [1.807, 2.05) is 0 Å². The molecule has 0 rings (SSSR count). The van der Waals surface area contributed by atoms with Crippen LogP contribution in [0.4, 0.5) is 30.7 Å². The molecule has 1 unspecified atom stereocenters. The van der Waals surface area contributed by atoms with Crippen molar-refractivity contribution in [1.29, 1.82) is 0 Å². The topological polar surface area (TPSA) is 46.5 Å². The Morgan fingerprint density at radius 3 is 1.78 bits per heavy atom. The largest absolute Gasteiger partial charge is 0.467 e. The summed E-state index contributed by atoms with van der Waals surface area (Å²) in [4.78, 5) is 10.8. The molecule has 1 atom stereocenters. The van der Waals surface area contributed by atoms with Gasteiger partial charge in [-0.2, -0.15) is 30.7 Å². The van der Waals surface area contributed by atoms with Crippen LogP contribution in [0.2, 0.25) is 0 Å². The first kappa shape index (κ1) is 16.9. The van der Waals surface area contributed by atoms with E-state index in [1.165, 1.54) is 0 Å². The predicted molar refractivity (Wildman–Crippen MR) is 43.2 cm³/mol. The van der Waals surface area contributed by atoms with Crippen LogP contribution in [0.3, 0.4) is 0 Å². The summed E-state index contributed by atoms with van der Waals surface area (Å²) >= 11 is 0. The van der Waals surface area contributed by atoms with Gasteiger partial charge >= 0.3 is 24.0 Å². The first-order valence-corrected chi connectivity index (χ1v) is 4.32. The van der Waals surface area contributed by atoms with Crippen molar-refractivity contribution >= 4 is 5.97 Å². The van der Waals surface area contributed by atoms with Gasteiger partial charge in [0, 0.05) is 0 Å². The number of ether oxygens (including phenoxy) is 1. The molecule has 18 heavy (non-hydrogen) atoms. The fourth-order valence-corrected chi connectivity index (χ4v) is 1.04. The van der Waals surface area contributed by atoms with Crippen LogP contribution in [0.5, 0.6) is 0 Å². The number of aliphatic hydroxyl groups is 1. The Bertz CT molecular complexity index is 321. The monoisotopic (exact) mass is 286 g/mol. The highest BCUT2D eigenvalue weighted by Gasteiger charge is 2.74. The van der Waals surface area contributed by atoms with Gasteiger partial charge in [-0.05, 0) is 6.92 Å². The van der Waals surface area contributed by atoms with Gasteiger partial charge in [-0.1, -0.05) is 0 Å². The summed E-state index contributed by atoms with van der Waals surface area (Å²) in [6, 6.07) is 0. The number of carbonyl (C=O) groups is 1. The summed E-state index contributed by atoms with van der Waals surface area (Å²) in [5, 5.41) is 9.09. The second-order valence-corrected chi connectivity index (χ2v) is 3.72. The van der Waals surface area contributed by atoms with E-state index < -0.39 is 36.0 Å². The highest BCUT2D eigenvalue weighted by atomic mass is 19.4. The molecule has 0 fully saturated rings. The molecule has 10 heteroatoms. The van der Waals surface area contributed by atoms with E-state index in [0.717, 1.165) is 0 Å². The summed E-state index contributed by atoms with van der Waals surface area (Å²) < 4.78 is 89.7. The first-order chi connectivity index (χ1) is 7.69. The van der Waals surface area contributed by atoms with Gasteiger partial charge < -0.3 is 9.84 Å². The fraction of sp³-hybridized carbons (Fsp3) is 0.875. The molecule has 0 amide bonds. The van der Waals surface area contributed by atoms with Crippen LogP contribution in [0.1, 0.15) is 13.3 Å². The van der Waals surface area contributed by atoms with Crippen molar-refractivity contribution in [1.82, 2.24) is 0 Å². The highest BCUT2D eigenvalue weighted by molar-refractivity contribution is 5.78. The minimum Gasteiger partial charge on any atom is -0.467 e. The number of esters is 1. The van der Waals surface area contributed by atoms with Crippen LogP contribution in [0, 0.1) is 0 Å². The summed E-state index contributed by atoms with van der Waals surface area (Å²) in [7, 11) is 0.650. The zero-order valence-corrected chi connectivity index (χ0v) is 9.12. The van der Waals surface area contributed by atoms with E-state index in [4.69, 9.17) is 5.11 Å². The van der Waals surface area contributed by atoms with Gasteiger partial charge in [0.1, 0.15) is 0 Å². The normalized spacial score (nSPS) is 17.2. The summed E-state index contributed by atoms with van der Waals surface area (Å²) in [6.07, 6.45) is -8.94. The molecule has 0 aromatic rings. The van der Waals surface area contributed by atoms with Crippen molar-refractivity contribution in [2.24, 2.45) is 0 Å². The standard InChI is InChI=1S/C8H9F7O3/c1-5(17,4(16)18-2)3-6(9,10)7(11,12)8(13,14)15/h17H,3H2,1-2H3. The molecule has 0 spiro atoms. The molecule has 0 aliphatic rings. The molecule has 3 nitrogen and oxygen atoms in total. The number of hydrogen-bond acceptors (Lipinski definition) is 3. The lowest BCUT2D eigenvalue weighted by atomic mass is 9.94. The Balaban J connectivity index is 5.25. The quantitative estimate of drug-likeness (QED) is 0.636. The van der Waals surface area contributed by atoms with Crippen molar-refractivity contribution in [3.05, 3.63) is 0 Å². The number of hydrogen-bond donors (Lipinski definition) is 1. The average Bonchev–Trinajstić information content (AvgIpc) is 2.12. The Morgan fingerprint density at radius 1 is 1.11 bits per heavy atom. The number of carbonyl (C=O) groups excluding carboxylic acids is 1. The molecule has 0 heterocycles. The Morgan fingerprint density at radius 2 is 1.50 bits per heavy atom. The van der Waals surface area contributed by atoms with Crippen molar-refractivity contribution in [2.45, 2.75) is 37.0 Å². The van der Waals surface area contributed by atoms with E-state index in [-0.39, 0.29) is 0 Å². The third kappa shape index (κ3) is 3.03. The highest BCUT2D eigenvalue weighted by Crippen LogP contribution is 2.49. The lowest BCUT2D eigenvalue weighted by molar-refractivity contribution is -0.360. The zero-order chi connectivity index (χ0) is 15.0. The van der Waals surface area contributed by atoms with Crippen LogP contribution < -0.4 is 0 Å². The predicted octanol–water partition coefficient (Wildman–Crippen LogP) is 2.13. The van der Waals surface area contributed by atoms with Gasteiger partial charge in [-0.15, -0.1) is 0 Å². The van der Waals surface area contributed by atoms with Gasteiger partial charge in [0.05, 0.1) is 13.5 Å². The van der Waals surface area contributed by atoms with E-state index in [1.54, 1.807) is 0 Å². The second-order valence-electron chi connectivity index (χ2n) is 3.72. The maximum absolute atomic E-state index is 12.9. The minimum atomic E-state index is -6.51. The van der Waals surface area contributed by atoms with Crippen LogP contribution in [-0.2, 0) is 9.53 Å². The van der Waals surface area contributed by atoms with Crippen LogP contribution in [0.15, 0.2) is 0 Å². The van der Waals surface area contributed by atoms with Gasteiger partial charge in [0.15, 0.2) is 5.60 Å². The summed E-state index contributed by atoms with van der Waals surface area (Å²) in [6.45, 7) is 0.346. The maximum atomic E-state index is 12.9. The minimum absolute atomic E-state index is 0.346. The first-order valence-electron chi connectivity index (χ1n) is 4.32. The SMILES string of the molecule is COC(=O)C(C)(O)CC(F)(F)C(F)(F)C(F)(F)F.